The highest BCUT2D eigenvalue weighted by Gasteiger charge is 2.28. The highest BCUT2D eigenvalue weighted by molar-refractivity contribution is 5.98. The van der Waals surface area contributed by atoms with Crippen molar-refractivity contribution in [2.45, 2.75) is 39.2 Å². The molecule has 3 heteroatoms. The predicted molar refractivity (Wildman–Crippen MR) is 115 cm³/mol. The van der Waals surface area contributed by atoms with Crippen molar-refractivity contribution in [1.82, 2.24) is 0 Å². The van der Waals surface area contributed by atoms with Crippen LogP contribution in [0, 0.1) is 0 Å². The maximum Gasteiger partial charge on any atom is 0.336 e. The second kappa shape index (κ2) is 7.16. The van der Waals surface area contributed by atoms with Gasteiger partial charge in [0, 0.05) is 11.5 Å². The number of ether oxygens (including phenoxy) is 1. The summed E-state index contributed by atoms with van der Waals surface area (Å²) in [5.41, 5.74) is 3.85. The molecule has 4 rings (SSSR count). The third-order valence-electron chi connectivity index (χ3n) is 5.13. The lowest BCUT2D eigenvalue weighted by molar-refractivity contribution is 0.129. The quantitative estimate of drug-likeness (QED) is 0.394. The Morgan fingerprint density at radius 2 is 1.89 bits per heavy atom. The highest BCUT2D eigenvalue weighted by atomic mass is 16.5. The van der Waals surface area contributed by atoms with Gasteiger partial charge in [-0.1, -0.05) is 42.0 Å². The van der Waals surface area contributed by atoms with Gasteiger partial charge >= 0.3 is 5.63 Å². The van der Waals surface area contributed by atoms with Gasteiger partial charge in [0.25, 0.3) is 0 Å². The fourth-order valence-corrected chi connectivity index (χ4v) is 3.66. The van der Waals surface area contributed by atoms with Gasteiger partial charge in [0.1, 0.15) is 16.9 Å². The topological polar surface area (TPSA) is 39.4 Å². The molecule has 28 heavy (non-hydrogen) atoms. The number of fused-ring (bicyclic) bond motifs is 3. The lowest BCUT2D eigenvalue weighted by Gasteiger charge is -2.31. The molecule has 2 heterocycles. The van der Waals surface area contributed by atoms with Crippen molar-refractivity contribution in [2.24, 2.45) is 0 Å². The monoisotopic (exact) mass is 372 g/mol. The van der Waals surface area contributed by atoms with Gasteiger partial charge in [-0.15, -0.1) is 0 Å². The number of benzene rings is 2. The van der Waals surface area contributed by atoms with Crippen LogP contribution in [0.1, 0.15) is 39.2 Å². The van der Waals surface area contributed by atoms with Gasteiger partial charge in [0.15, 0.2) is 0 Å². The van der Waals surface area contributed by atoms with Crippen LogP contribution >= 0.6 is 0 Å². The number of hydrogen-bond donors (Lipinski definition) is 0. The van der Waals surface area contributed by atoms with Crippen LogP contribution < -0.4 is 10.4 Å². The molecule has 0 spiro atoms. The van der Waals surface area contributed by atoms with E-state index in [2.05, 4.69) is 32.9 Å². The van der Waals surface area contributed by atoms with Crippen LogP contribution in [0.5, 0.6) is 5.75 Å². The van der Waals surface area contributed by atoms with Crippen molar-refractivity contribution < 1.29 is 9.15 Å². The van der Waals surface area contributed by atoms with Crippen LogP contribution in [-0.2, 0) is 0 Å². The molecular formula is C25H24O3. The van der Waals surface area contributed by atoms with Crippen molar-refractivity contribution in [3.8, 4) is 16.9 Å². The standard InChI is InChI=1S/C25H24O3/c1-17(2)8-7-14-25(3)15-13-20-22(28-25)12-11-19-21(16-23(26)27-24(19)20)18-9-5-4-6-10-18/h4-6,8-13,15-16H,7,14H2,1-3H3. The maximum atomic E-state index is 12.3. The summed E-state index contributed by atoms with van der Waals surface area (Å²) in [6.07, 6.45) is 8.17. The van der Waals surface area contributed by atoms with E-state index in [9.17, 15) is 4.79 Å². The summed E-state index contributed by atoms with van der Waals surface area (Å²) in [4.78, 5) is 12.3. The fourth-order valence-electron chi connectivity index (χ4n) is 3.66. The second-order valence-electron chi connectivity index (χ2n) is 7.77. The summed E-state index contributed by atoms with van der Waals surface area (Å²) in [6.45, 7) is 6.30. The number of allylic oxidation sites excluding steroid dienone is 2. The molecule has 142 valence electrons. The van der Waals surface area contributed by atoms with Gasteiger partial charge in [-0.2, -0.15) is 0 Å². The smallest absolute Gasteiger partial charge is 0.336 e. The molecule has 0 saturated heterocycles. The van der Waals surface area contributed by atoms with Crippen LogP contribution in [0.25, 0.3) is 28.2 Å². The normalized spacial score (nSPS) is 17.8. The molecular weight excluding hydrogens is 348 g/mol. The van der Waals surface area contributed by atoms with Crippen molar-refractivity contribution in [1.29, 1.82) is 0 Å². The highest BCUT2D eigenvalue weighted by Crippen LogP contribution is 2.39. The van der Waals surface area contributed by atoms with E-state index >= 15 is 0 Å². The molecule has 1 aliphatic heterocycles. The third kappa shape index (κ3) is 3.53. The molecule has 1 unspecified atom stereocenters. The van der Waals surface area contributed by atoms with E-state index < -0.39 is 0 Å². The maximum absolute atomic E-state index is 12.3. The van der Waals surface area contributed by atoms with E-state index in [0.717, 1.165) is 40.7 Å². The summed E-state index contributed by atoms with van der Waals surface area (Å²) < 4.78 is 11.9. The average molecular weight is 372 g/mol. The van der Waals surface area contributed by atoms with Crippen molar-refractivity contribution in [2.75, 3.05) is 0 Å². The Morgan fingerprint density at radius 1 is 1.11 bits per heavy atom. The van der Waals surface area contributed by atoms with E-state index in [0.29, 0.717) is 5.58 Å². The summed E-state index contributed by atoms with van der Waals surface area (Å²) in [5.74, 6) is 0.753. The minimum Gasteiger partial charge on any atom is -0.483 e. The van der Waals surface area contributed by atoms with Gasteiger partial charge in [0.2, 0.25) is 0 Å². The Hall–Kier alpha value is -3.07. The Morgan fingerprint density at radius 3 is 2.64 bits per heavy atom. The summed E-state index contributed by atoms with van der Waals surface area (Å²) in [5, 5.41) is 0.908. The first-order chi connectivity index (χ1) is 13.5. The summed E-state index contributed by atoms with van der Waals surface area (Å²) in [7, 11) is 0. The molecule has 0 saturated carbocycles. The first-order valence-corrected chi connectivity index (χ1v) is 9.63. The van der Waals surface area contributed by atoms with E-state index in [1.807, 2.05) is 48.5 Å². The average Bonchev–Trinajstić information content (AvgIpc) is 2.67. The molecule has 2 aromatic carbocycles. The lowest BCUT2D eigenvalue weighted by Crippen LogP contribution is -2.31. The fraction of sp³-hybridized carbons (Fsp3) is 0.240. The molecule has 0 fully saturated rings. The van der Waals surface area contributed by atoms with E-state index in [1.54, 1.807) is 6.07 Å². The van der Waals surface area contributed by atoms with Gasteiger partial charge in [-0.05, 0) is 69.0 Å². The molecule has 0 amide bonds. The molecule has 0 N–H and O–H groups in total. The molecule has 0 aliphatic carbocycles. The van der Waals surface area contributed by atoms with Crippen LogP contribution in [0.3, 0.4) is 0 Å². The van der Waals surface area contributed by atoms with Crippen molar-refractivity contribution in [3.63, 3.8) is 0 Å². The molecule has 1 aliphatic rings. The second-order valence-corrected chi connectivity index (χ2v) is 7.77. The van der Waals surface area contributed by atoms with E-state index in [4.69, 9.17) is 9.15 Å². The van der Waals surface area contributed by atoms with Gasteiger partial charge in [0.05, 0.1) is 5.56 Å². The summed E-state index contributed by atoms with van der Waals surface area (Å²) >= 11 is 0. The predicted octanol–water partition coefficient (Wildman–Crippen LogP) is 6.37. The van der Waals surface area contributed by atoms with Crippen LogP contribution in [-0.4, -0.2) is 5.60 Å². The zero-order chi connectivity index (χ0) is 19.7. The van der Waals surface area contributed by atoms with Crippen LogP contribution in [0.2, 0.25) is 0 Å². The third-order valence-corrected chi connectivity index (χ3v) is 5.13. The Labute approximate surface area is 165 Å². The molecule has 3 nitrogen and oxygen atoms in total. The largest absolute Gasteiger partial charge is 0.483 e. The van der Waals surface area contributed by atoms with Gasteiger partial charge in [-0.25, -0.2) is 4.79 Å². The van der Waals surface area contributed by atoms with Gasteiger partial charge < -0.3 is 9.15 Å². The SMILES string of the molecule is CC(C)=CCCC1(C)C=Cc2c(ccc3c(-c4ccccc4)cc(=O)oc23)O1. The molecule has 3 aromatic rings. The number of hydrogen-bond acceptors (Lipinski definition) is 3. The zero-order valence-electron chi connectivity index (χ0n) is 16.5. The first kappa shape index (κ1) is 18.3. The minimum absolute atomic E-state index is 0.356. The number of rotatable bonds is 4. The van der Waals surface area contributed by atoms with Crippen LogP contribution in [0.15, 0.2) is 75.5 Å². The summed E-state index contributed by atoms with van der Waals surface area (Å²) in [6, 6.07) is 15.4. The first-order valence-electron chi connectivity index (χ1n) is 9.63. The zero-order valence-corrected chi connectivity index (χ0v) is 16.5. The van der Waals surface area contributed by atoms with Crippen molar-refractivity contribution in [3.05, 3.63) is 82.2 Å². The van der Waals surface area contributed by atoms with E-state index in [-0.39, 0.29) is 11.2 Å². The Balaban J connectivity index is 1.78. The molecule has 0 radical (unpaired) electrons. The molecule has 1 atom stereocenters. The minimum atomic E-state index is -0.371. The lowest BCUT2D eigenvalue weighted by atomic mass is 9.93. The van der Waals surface area contributed by atoms with Crippen molar-refractivity contribution >= 4 is 17.0 Å². The van der Waals surface area contributed by atoms with E-state index in [1.165, 1.54) is 5.57 Å². The molecule has 1 aromatic heterocycles. The van der Waals surface area contributed by atoms with Gasteiger partial charge in [-0.3, -0.25) is 0 Å². The van der Waals surface area contributed by atoms with Crippen LogP contribution in [0.4, 0.5) is 0 Å². The molecule has 0 bridgehead atoms. The Bertz CT molecular complexity index is 1130. The Kier molecular flexibility index (Phi) is 4.68.